The van der Waals surface area contributed by atoms with Gasteiger partial charge in [-0.2, -0.15) is 0 Å². The Labute approximate surface area is 165 Å². The molecule has 0 aromatic heterocycles. The molecule has 0 atom stereocenters. The lowest BCUT2D eigenvalue weighted by molar-refractivity contribution is -0.127. The minimum Gasteiger partial charge on any atom is -0.493 e. The summed E-state index contributed by atoms with van der Waals surface area (Å²) in [5.41, 5.74) is 0.645. The second-order valence-electron chi connectivity index (χ2n) is 5.77. The van der Waals surface area contributed by atoms with Crippen LogP contribution in [0.5, 0.6) is 5.75 Å². The average Bonchev–Trinajstić information content (AvgIpc) is 2.93. The summed E-state index contributed by atoms with van der Waals surface area (Å²) in [5.74, 6) is -1.25. The van der Waals surface area contributed by atoms with E-state index in [1.54, 1.807) is 36.4 Å². The van der Waals surface area contributed by atoms with E-state index in [1.807, 2.05) is 6.92 Å². The number of ether oxygens (including phenoxy) is 1. The van der Waals surface area contributed by atoms with E-state index in [0.717, 1.165) is 16.7 Å². The topological polar surface area (TPSA) is 75.7 Å². The van der Waals surface area contributed by atoms with Gasteiger partial charge in [-0.25, -0.2) is 4.39 Å². The van der Waals surface area contributed by atoms with Crippen molar-refractivity contribution in [3.63, 3.8) is 0 Å². The van der Waals surface area contributed by atoms with Crippen molar-refractivity contribution in [3.8, 4) is 5.75 Å². The highest BCUT2D eigenvalue weighted by Crippen LogP contribution is 2.33. The van der Waals surface area contributed by atoms with Crippen LogP contribution < -0.4 is 10.1 Å². The van der Waals surface area contributed by atoms with Gasteiger partial charge in [0.15, 0.2) is 0 Å². The number of anilines is 1. The third-order valence-corrected chi connectivity index (χ3v) is 4.74. The molecular formula is C20H17FN2O4S. The van der Waals surface area contributed by atoms with Gasteiger partial charge in [0, 0.05) is 5.56 Å². The second kappa shape index (κ2) is 8.71. The summed E-state index contributed by atoms with van der Waals surface area (Å²) >= 11 is 0.744. The molecule has 2 aromatic carbocycles. The molecule has 3 amide bonds. The maximum absolute atomic E-state index is 13.6. The Kier molecular flexibility index (Phi) is 6.10. The van der Waals surface area contributed by atoms with Crippen LogP contribution in [0.4, 0.5) is 14.9 Å². The number of hydrogen-bond donors (Lipinski definition) is 1. The summed E-state index contributed by atoms with van der Waals surface area (Å²) in [6.07, 6.45) is 1.56. The molecule has 1 N–H and O–H groups in total. The molecule has 0 saturated carbocycles. The van der Waals surface area contributed by atoms with Crippen LogP contribution in [0.25, 0.3) is 6.08 Å². The lowest BCUT2D eigenvalue weighted by Crippen LogP contribution is -2.36. The minimum absolute atomic E-state index is 0.0133. The molecule has 3 rings (SSSR count). The normalized spacial score (nSPS) is 15.2. The van der Waals surface area contributed by atoms with E-state index in [1.165, 1.54) is 18.2 Å². The van der Waals surface area contributed by atoms with Crippen molar-refractivity contribution >= 4 is 40.6 Å². The molecule has 8 heteroatoms. The van der Waals surface area contributed by atoms with E-state index in [9.17, 15) is 18.8 Å². The van der Waals surface area contributed by atoms with Crippen molar-refractivity contribution in [2.75, 3.05) is 18.5 Å². The number of thioether (sulfide) groups is 1. The zero-order valence-electron chi connectivity index (χ0n) is 15.0. The third-order valence-electron chi connectivity index (χ3n) is 3.83. The molecular weight excluding hydrogens is 383 g/mol. The Morgan fingerprint density at radius 1 is 1.18 bits per heavy atom. The summed E-state index contributed by atoms with van der Waals surface area (Å²) in [6, 6.07) is 12.8. The van der Waals surface area contributed by atoms with Crippen LogP contribution in [-0.2, 0) is 9.59 Å². The number of carbonyl (C=O) groups excluding carboxylic acids is 3. The molecule has 6 nitrogen and oxygen atoms in total. The molecule has 1 heterocycles. The van der Waals surface area contributed by atoms with Crippen LogP contribution >= 0.6 is 11.8 Å². The first-order chi connectivity index (χ1) is 13.5. The molecule has 0 aliphatic carbocycles. The van der Waals surface area contributed by atoms with Crippen LogP contribution in [0.3, 0.4) is 0 Å². The van der Waals surface area contributed by atoms with E-state index in [2.05, 4.69) is 5.32 Å². The van der Waals surface area contributed by atoms with Gasteiger partial charge in [0.05, 0.1) is 17.2 Å². The van der Waals surface area contributed by atoms with Gasteiger partial charge in [-0.05, 0) is 43.0 Å². The van der Waals surface area contributed by atoms with Crippen molar-refractivity contribution in [1.82, 2.24) is 4.90 Å². The molecule has 1 aliphatic heterocycles. The standard InChI is InChI=1S/C20H17FN2O4S/c1-2-27-16-10-6-3-7-13(16)11-17-19(25)23(20(26)28-17)12-18(24)22-15-9-5-4-8-14(15)21/h3-11H,2,12H2,1H3,(H,22,24)/b17-11-. The average molecular weight is 400 g/mol. The van der Waals surface area contributed by atoms with Gasteiger partial charge < -0.3 is 10.1 Å². The first-order valence-corrected chi connectivity index (χ1v) is 9.33. The van der Waals surface area contributed by atoms with Crippen LogP contribution in [0, 0.1) is 5.82 Å². The molecule has 0 spiro atoms. The van der Waals surface area contributed by atoms with Crippen molar-refractivity contribution in [2.45, 2.75) is 6.92 Å². The number of para-hydroxylation sites is 2. The Morgan fingerprint density at radius 2 is 1.89 bits per heavy atom. The minimum atomic E-state index is -0.664. The van der Waals surface area contributed by atoms with Gasteiger partial charge in [-0.1, -0.05) is 30.3 Å². The summed E-state index contributed by atoms with van der Waals surface area (Å²) in [7, 11) is 0. The van der Waals surface area contributed by atoms with Crippen LogP contribution in [0.1, 0.15) is 12.5 Å². The highest BCUT2D eigenvalue weighted by molar-refractivity contribution is 8.18. The third kappa shape index (κ3) is 4.40. The van der Waals surface area contributed by atoms with Crippen LogP contribution in [-0.4, -0.2) is 35.1 Å². The van der Waals surface area contributed by atoms with E-state index in [-0.39, 0.29) is 10.6 Å². The number of nitrogens with zero attached hydrogens (tertiary/aromatic N) is 1. The Bertz CT molecular complexity index is 961. The highest BCUT2D eigenvalue weighted by atomic mass is 32.2. The summed E-state index contributed by atoms with van der Waals surface area (Å²) in [5, 5.41) is 1.80. The van der Waals surface area contributed by atoms with Crippen molar-refractivity contribution < 1.29 is 23.5 Å². The predicted octanol–water partition coefficient (Wildman–Crippen LogP) is 3.90. The molecule has 2 aromatic rings. The van der Waals surface area contributed by atoms with Gasteiger partial charge in [-0.3, -0.25) is 19.3 Å². The molecule has 1 aliphatic rings. The highest BCUT2D eigenvalue weighted by Gasteiger charge is 2.36. The van der Waals surface area contributed by atoms with Crippen LogP contribution in [0.2, 0.25) is 0 Å². The fourth-order valence-corrected chi connectivity index (χ4v) is 3.39. The monoisotopic (exact) mass is 400 g/mol. The molecule has 1 saturated heterocycles. The first-order valence-electron chi connectivity index (χ1n) is 8.51. The number of rotatable bonds is 6. The number of amides is 3. The lowest BCUT2D eigenvalue weighted by atomic mass is 10.2. The molecule has 0 unspecified atom stereocenters. The maximum atomic E-state index is 13.6. The van der Waals surface area contributed by atoms with Crippen molar-refractivity contribution in [1.29, 1.82) is 0 Å². The van der Waals surface area contributed by atoms with Crippen LogP contribution in [0.15, 0.2) is 53.4 Å². The number of nitrogens with one attached hydrogen (secondary N) is 1. The summed E-state index contributed by atoms with van der Waals surface area (Å²) < 4.78 is 19.1. The predicted molar refractivity (Wildman–Crippen MR) is 105 cm³/mol. The fraction of sp³-hybridized carbons (Fsp3) is 0.150. The number of imide groups is 1. The molecule has 144 valence electrons. The van der Waals surface area contributed by atoms with E-state index < -0.39 is 29.4 Å². The largest absolute Gasteiger partial charge is 0.493 e. The smallest absolute Gasteiger partial charge is 0.294 e. The van der Waals surface area contributed by atoms with E-state index in [0.29, 0.717) is 17.9 Å². The second-order valence-corrected chi connectivity index (χ2v) is 6.76. The van der Waals surface area contributed by atoms with E-state index in [4.69, 9.17) is 4.74 Å². The zero-order valence-corrected chi connectivity index (χ0v) is 15.8. The number of halogens is 1. The summed E-state index contributed by atoms with van der Waals surface area (Å²) in [4.78, 5) is 37.9. The van der Waals surface area contributed by atoms with Gasteiger partial charge in [0.1, 0.15) is 18.1 Å². The number of hydrogen-bond acceptors (Lipinski definition) is 5. The molecule has 1 fully saturated rings. The molecule has 28 heavy (non-hydrogen) atoms. The van der Waals surface area contributed by atoms with Crippen molar-refractivity contribution in [2.24, 2.45) is 0 Å². The Morgan fingerprint density at radius 3 is 2.64 bits per heavy atom. The Hall–Kier alpha value is -3.13. The SMILES string of the molecule is CCOc1ccccc1/C=C1\SC(=O)N(CC(=O)Nc2ccccc2F)C1=O. The van der Waals surface area contributed by atoms with Gasteiger partial charge in [-0.15, -0.1) is 0 Å². The molecule has 0 bridgehead atoms. The fourth-order valence-electron chi connectivity index (χ4n) is 2.56. The lowest BCUT2D eigenvalue weighted by Gasteiger charge is -2.12. The quantitative estimate of drug-likeness (QED) is 0.745. The summed E-state index contributed by atoms with van der Waals surface area (Å²) in [6.45, 7) is 1.81. The Balaban J connectivity index is 1.73. The van der Waals surface area contributed by atoms with Crippen molar-refractivity contribution in [3.05, 3.63) is 64.8 Å². The first kappa shape index (κ1) is 19.6. The van der Waals surface area contributed by atoms with Gasteiger partial charge in [0.2, 0.25) is 5.91 Å². The van der Waals surface area contributed by atoms with E-state index >= 15 is 0 Å². The maximum Gasteiger partial charge on any atom is 0.294 e. The van der Waals surface area contributed by atoms with Gasteiger partial charge >= 0.3 is 0 Å². The van der Waals surface area contributed by atoms with Gasteiger partial charge in [0.25, 0.3) is 11.1 Å². The number of carbonyl (C=O) groups is 3. The number of benzene rings is 2. The molecule has 0 radical (unpaired) electrons. The zero-order chi connectivity index (χ0) is 20.1.